The van der Waals surface area contributed by atoms with Crippen LogP contribution in [0.2, 0.25) is 0 Å². The number of aryl methyl sites for hydroxylation is 1. The van der Waals surface area contributed by atoms with Gasteiger partial charge < -0.3 is 9.87 Å². The molecule has 0 saturated heterocycles. The summed E-state index contributed by atoms with van der Waals surface area (Å²) in [6.07, 6.45) is 0. The predicted molar refractivity (Wildman–Crippen MR) is 118 cm³/mol. The average Bonchev–Trinajstić information content (AvgIpc) is 2.90. The third-order valence-corrected chi connectivity index (χ3v) is 7.43. The molecule has 28 heavy (non-hydrogen) atoms. The van der Waals surface area contributed by atoms with Gasteiger partial charge in [-0.25, -0.2) is 8.42 Å². The van der Waals surface area contributed by atoms with E-state index in [-0.39, 0.29) is 10.6 Å². The number of anilines is 1. The number of thiocarbonyl (C=S) groups is 1. The normalized spacial score (nSPS) is 17.0. The fourth-order valence-electron chi connectivity index (χ4n) is 2.56. The summed E-state index contributed by atoms with van der Waals surface area (Å²) in [6.45, 7) is 5.63. The van der Waals surface area contributed by atoms with Crippen molar-refractivity contribution in [1.82, 2.24) is 5.32 Å². The first-order chi connectivity index (χ1) is 13.1. The van der Waals surface area contributed by atoms with Crippen LogP contribution in [0.4, 0.5) is 5.69 Å². The predicted octanol–water partition coefficient (Wildman–Crippen LogP) is 3.11. The molecule has 1 aliphatic heterocycles. The topological polar surface area (TPSA) is 93.6 Å². The van der Waals surface area contributed by atoms with Crippen LogP contribution in [0, 0.1) is 6.92 Å². The Balaban J connectivity index is 1.81. The Morgan fingerprint density at radius 3 is 2.43 bits per heavy atom. The van der Waals surface area contributed by atoms with E-state index in [9.17, 15) is 13.0 Å². The van der Waals surface area contributed by atoms with Crippen molar-refractivity contribution in [1.29, 1.82) is 0 Å². The smallest absolute Gasteiger partial charge is 0.318 e. The minimum Gasteiger partial charge on any atom is -0.609 e. The minimum absolute atomic E-state index is 0.108. The number of hydrogen-bond acceptors (Lipinski definition) is 5. The standard InChI is InChI=1S/C19H21N3O3S3/c1-13-8-10-15(11-9-13)28(24,25)22-16-7-5-4-6-14(16)12-27(23)18-20-17(26)19(2,3)21-18/h4-11,22H,12H2,1-3H3,(H,20,21,26). The largest absolute Gasteiger partial charge is 0.609 e. The Labute approximate surface area is 173 Å². The zero-order valence-electron chi connectivity index (χ0n) is 15.7. The van der Waals surface area contributed by atoms with Crippen LogP contribution in [0.25, 0.3) is 0 Å². The molecule has 0 amide bonds. The molecule has 0 fully saturated rings. The number of benzene rings is 2. The van der Waals surface area contributed by atoms with Crippen LogP contribution in [0.1, 0.15) is 25.0 Å². The van der Waals surface area contributed by atoms with Crippen molar-refractivity contribution in [2.24, 2.45) is 4.99 Å². The van der Waals surface area contributed by atoms with E-state index in [1.54, 1.807) is 48.5 Å². The van der Waals surface area contributed by atoms with E-state index in [1.165, 1.54) is 0 Å². The highest BCUT2D eigenvalue weighted by atomic mass is 32.2. The lowest BCUT2D eigenvalue weighted by molar-refractivity contribution is 0.597. The van der Waals surface area contributed by atoms with E-state index in [2.05, 4.69) is 15.0 Å². The molecule has 0 radical (unpaired) electrons. The zero-order chi connectivity index (χ0) is 20.5. The maximum atomic E-state index is 12.8. The molecule has 1 atom stereocenters. The summed E-state index contributed by atoms with van der Waals surface area (Å²) in [5.41, 5.74) is 1.45. The lowest BCUT2D eigenvalue weighted by Crippen LogP contribution is -2.44. The molecule has 6 nitrogen and oxygen atoms in total. The van der Waals surface area contributed by atoms with Crippen molar-refractivity contribution in [2.45, 2.75) is 37.0 Å². The fourth-order valence-corrected chi connectivity index (χ4v) is 5.10. The number of nitrogens with one attached hydrogen (secondary N) is 2. The van der Waals surface area contributed by atoms with Crippen molar-refractivity contribution < 1.29 is 13.0 Å². The number of sulfonamides is 1. The zero-order valence-corrected chi connectivity index (χ0v) is 18.2. The van der Waals surface area contributed by atoms with Crippen molar-refractivity contribution in [3.8, 4) is 0 Å². The van der Waals surface area contributed by atoms with Crippen LogP contribution in [-0.2, 0) is 27.0 Å². The first-order valence-electron chi connectivity index (χ1n) is 8.55. The molecule has 2 aromatic carbocycles. The molecule has 0 aromatic heterocycles. The molecule has 2 N–H and O–H groups in total. The van der Waals surface area contributed by atoms with Gasteiger partial charge >= 0.3 is 5.17 Å². The van der Waals surface area contributed by atoms with Crippen LogP contribution >= 0.6 is 12.2 Å². The second kappa shape index (κ2) is 7.82. The van der Waals surface area contributed by atoms with E-state index in [1.807, 2.05) is 20.8 Å². The van der Waals surface area contributed by atoms with Crippen molar-refractivity contribution in [2.75, 3.05) is 4.72 Å². The van der Waals surface area contributed by atoms with Gasteiger partial charge in [0.2, 0.25) is 0 Å². The number of para-hydroxylation sites is 1. The Morgan fingerprint density at radius 1 is 1.18 bits per heavy atom. The van der Waals surface area contributed by atoms with Crippen molar-refractivity contribution in [3.63, 3.8) is 0 Å². The molecule has 0 aliphatic carbocycles. The molecule has 1 heterocycles. The Morgan fingerprint density at radius 2 is 1.82 bits per heavy atom. The third-order valence-electron chi connectivity index (χ3n) is 4.25. The first kappa shape index (κ1) is 20.8. The van der Waals surface area contributed by atoms with Gasteiger partial charge in [0.25, 0.3) is 10.0 Å². The Hall–Kier alpha value is -1.94. The maximum absolute atomic E-state index is 12.8. The van der Waals surface area contributed by atoms with Gasteiger partial charge in [-0.1, -0.05) is 48.1 Å². The molecule has 0 spiro atoms. The lowest BCUT2D eigenvalue weighted by Gasteiger charge is -2.19. The molecule has 1 unspecified atom stereocenters. The van der Waals surface area contributed by atoms with Gasteiger partial charge in [-0.2, -0.15) is 4.99 Å². The Kier molecular flexibility index (Phi) is 5.81. The molecule has 0 saturated carbocycles. The molecule has 1 aliphatic rings. The van der Waals surface area contributed by atoms with E-state index in [4.69, 9.17) is 12.2 Å². The summed E-state index contributed by atoms with van der Waals surface area (Å²) in [5, 5.41) is 3.38. The number of aliphatic imine (C=N–C) groups is 1. The highest BCUT2D eigenvalue weighted by molar-refractivity contribution is 8.05. The number of amidine groups is 1. The van der Waals surface area contributed by atoms with E-state index < -0.39 is 26.7 Å². The molecular weight excluding hydrogens is 414 g/mol. The van der Waals surface area contributed by atoms with E-state index in [0.717, 1.165) is 5.56 Å². The van der Waals surface area contributed by atoms with Gasteiger partial charge in [0.15, 0.2) is 0 Å². The minimum atomic E-state index is -3.75. The van der Waals surface area contributed by atoms with Crippen LogP contribution < -0.4 is 10.0 Å². The second-order valence-corrected chi connectivity index (χ2v) is 10.5. The van der Waals surface area contributed by atoms with Gasteiger partial charge in [0.1, 0.15) is 10.7 Å². The molecule has 2 aromatic rings. The van der Waals surface area contributed by atoms with Crippen LogP contribution in [0.5, 0.6) is 0 Å². The first-order valence-corrected chi connectivity index (χ1v) is 11.8. The summed E-state index contributed by atoms with van der Waals surface area (Å²) in [6, 6.07) is 13.5. The monoisotopic (exact) mass is 435 g/mol. The summed E-state index contributed by atoms with van der Waals surface area (Å²) >= 11 is 3.72. The SMILES string of the molecule is Cc1ccc(S(=O)(=O)Nc2ccccc2C[S+]([O-])C2=NC(=S)C(C)(C)N2)cc1. The summed E-state index contributed by atoms with van der Waals surface area (Å²) in [7, 11) is -3.75. The van der Waals surface area contributed by atoms with Gasteiger partial charge in [-0.05, 0) is 39.0 Å². The average molecular weight is 436 g/mol. The lowest BCUT2D eigenvalue weighted by atomic mass is 10.1. The fraction of sp³-hybridized carbons (Fsp3) is 0.263. The Bertz CT molecular complexity index is 1030. The quantitative estimate of drug-likeness (QED) is 0.556. The van der Waals surface area contributed by atoms with Gasteiger partial charge in [-0.3, -0.25) is 4.72 Å². The van der Waals surface area contributed by atoms with E-state index >= 15 is 0 Å². The highest BCUT2D eigenvalue weighted by Gasteiger charge is 2.37. The van der Waals surface area contributed by atoms with Gasteiger partial charge in [0, 0.05) is 16.7 Å². The molecule has 148 valence electrons. The molecular formula is C19H21N3O3S3. The third kappa shape index (κ3) is 4.54. The summed E-state index contributed by atoms with van der Waals surface area (Å²) in [4.78, 5) is 4.81. The summed E-state index contributed by atoms with van der Waals surface area (Å²) in [5.74, 6) is 0.108. The molecule has 0 bridgehead atoms. The van der Waals surface area contributed by atoms with Crippen LogP contribution in [0.15, 0.2) is 58.4 Å². The molecule has 3 rings (SSSR count). The number of rotatable bonds is 5. The van der Waals surface area contributed by atoms with Crippen molar-refractivity contribution in [3.05, 3.63) is 59.7 Å². The highest BCUT2D eigenvalue weighted by Crippen LogP contribution is 2.24. The summed E-state index contributed by atoms with van der Waals surface area (Å²) < 4.78 is 40.7. The second-order valence-electron chi connectivity index (χ2n) is 7.04. The van der Waals surface area contributed by atoms with Crippen LogP contribution in [0.3, 0.4) is 0 Å². The maximum Gasteiger partial charge on any atom is 0.318 e. The van der Waals surface area contributed by atoms with Crippen LogP contribution in [-0.4, -0.2) is 28.7 Å². The van der Waals surface area contributed by atoms with Gasteiger partial charge in [0.05, 0.1) is 16.1 Å². The molecule has 9 heteroatoms. The van der Waals surface area contributed by atoms with E-state index in [0.29, 0.717) is 21.4 Å². The van der Waals surface area contributed by atoms with Crippen molar-refractivity contribution >= 4 is 49.3 Å². The number of nitrogens with zero attached hydrogens (tertiary/aromatic N) is 1. The van der Waals surface area contributed by atoms with Gasteiger partial charge in [-0.15, -0.1) is 0 Å². The number of hydrogen-bond donors (Lipinski definition) is 2.